The fraction of sp³-hybridized carbons (Fsp3) is 0.185. The number of fused-ring (bicyclic) bond motifs is 4. The lowest BCUT2D eigenvalue weighted by Crippen LogP contribution is -2.41. The molecule has 3 aromatic carbocycles. The third kappa shape index (κ3) is 4.01. The number of ether oxygens (including phenoxy) is 2. The molecule has 0 saturated heterocycles. The van der Waals surface area contributed by atoms with Crippen molar-refractivity contribution >= 4 is 46.0 Å². The maximum Gasteiger partial charge on any atom is 0.263 e. The van der Waals surface area contributed by atoms with Crippen molar-refractivity contribution in [1.29, 1.82) is 0 Å². The molecule has 0 spiro atoms. The van der Waals surface area contributed by atoms with E-state index >= 15 is 0 Å². The van der Waals surface area contributed by atoms with E-state index in [9.17, 15) is 9.59 Å². The number of anilines is 1. The summed E-state index contributed by atoms with van der Waals surface area (Å²) < 4.78 is 11.2. The van der Waals surface area contributed by atoms with Crippen LogP contribution in [0.25, 0.3) is 0 Å². The molecule has 0 fully saturated rings. The molecule has 3 aromatic rings. The Morgan fingerprint density at radius 1 is 1.03 bits per heavy atom. The molecule has 8 nitrogen and oxygen atoms in total. The lowest BCUT2D eigenvalue weighted by Gasteiger charge is -2.27. The number of amidine groups is 2. The topological polar surface area (TPSA) is 92.6 Å². The normalized spacial score (nSPS) is 18.5. The van der Waals surface area contributed by atoms with Crippen LogP contribution < -0.4 is 14.8 Å². The minimum absolute atomic E-state index is 0.184. The maximum absolute atomic E-state index is 13.5. The van der Waals surface area contributed by atoms with Gasteiger partial charge in [0.2, 0.25) is 5.91 Å². The van der Waals surface area contributed by atoms with E-state index < -0.39 is 11.3 Å². The molecule has 36 heavy (non-hydrogen) atoms. The first-order valence-corrected chi connectivity index (χ1v) is 12.5. The number of rotatable bonds is 4. The van der Waals surface area contributed by atoms with Crippen LogP contribution in [0.3, 0.4) is 0 Å². The van der Waals surface area contributed by atoms with Crippen LogP contribution >= 0.6 is 11.8 Å². The number of carbonyl (C=O) groups excluding carboxylic acids is 2. The first-order valence-electron chi connectivity index (χ1n) is 11.6. The Labute approximate surface area is 212 Å². The Hall–Kier alpha value is -4.11. The van der Waals surface area contributed by atoms with Gasteiger partial charge in [-0.2, -0.15) is 0 Å². The number of amides is 2. The van der Waals surface area contributed by atoms with E-state index in [0.29, 0.717) is 41.4 Å². The standard InChI is InChI=1S/C27H22N4O4S/c1-16(25(32)28-18-11-12-21-22(15-18)35-14-13-34-21)36-27-29-20-10-6-5-9-19(20)24-30-23(26(33)31(24)27)17-7-3-2-4-8-17/h2-12,15-16,23H,13-14H2,1H3,(H,28,32)/t16-,23+/m0/s1. The second-order valence-corrected chi connectivity index (χ2v) is 9.77. The average Bonchev–Trinajstić information content (AvgIpc) is 3.27. The highest BCUT2D eigenvalue weighted by atomic mass is 32.2. The van der Waals surface area contributed by atoms with Gasteiger partial charge in [0.1, 0.15) is 19.0 Å². The molecule has 0 radical (unpaired) electrons. The van der Waals surface area contributed by atoms with Crippen LogP contribution in [-0.2, 0) is 9.59 Å². The molecule has 0 bridgehead atoms. The highest BCUT2D eigenvalue weighted by molar-refractivity contribution is 8.15. The summed E-state index contributed by atoms with van der Waals surface area (Å²) in [5.74, 6) is 1.41. The lowest BCUT2D eigenvalue weighted by atomic mass is 10.1. The van der Waals surface area contributed by atoms with E-state index in [1.165, 1.54) is 11.8 Å². The van der Waals surface area contributed by atoms with Gasteiger partial charge < -0.3 is 14.8 Å². The number of nitrogens with zero attached hydrogens (tertiary/aromatic N) is 3. The van der Waals surface area contributed by atoms with Crippen LogP contribution in [0.2, 0.25) is 0 Å². The average molecular weight is 499 g/mol. The third-order valence-corrected chi connectivity index (χ3v) is 7.10. The molecule has 3 aliphatic rings. The van der Waals surface area contributed by atoms with Gasteiger partial charge in [0, 0.05) is 17.3 Å². The number of nitrogens with one attached hydrogen (secondary N) is 1. The zero-order valence-corrected chi connectivity index (χ0v) is 20.2. The Balaban J connectivity index is 1.25. The number of benzene rings is 3. The molecule has 0 aliphatic carbocycles. The van der Waals surface area contributed by atoms with Crippen molar-refractivity contribution in [3.05, 3.63) is 83.9 Å². The maximum atomic E-state index is 13.5. The zero-order valence-electron chi connectivity index (χ0n) is 19.4. The highest BCUT2D eigenvalue weighted by Gasteiger charge is 2.42. The van der Waals surface area contributed by atoms with E-state index in [2.05, 4.69) is 5.32 Å². The van der Waals surface area contributed by atoms with Crippen molar-refractivity contribution < 1.29 is 19.1 Å². The molecule has 0 unspecified atom stereocenters. The fourth-order valence-electron chi connectivity index (χ4n) is 4.26. The van der Waals surface area contributed by atoms with Gasteiger partial charge in [-0.15, -0.1) is 0 Å². The summed E-state index contributed by atoms with van der Waals surface area (Å²) in [5.41, 5.74) is 2.94. The van der Waals surface area contributed by atoms with E-state index in [1.807, 2.05) is 54.6 Å². The molecule has 3 aliphatic heterocycles. The van der Waals surface area contributed by atoms with Crippen molar-refractivity contribution in [2.45, 2.75) is 18.2 Å². The van der Waals surface area contributed by atoms with E-state index in [4.69, 9.17) is 19.5 Å². The van der Waals surface area contributed by atoms with Crippen molar-refractivity contribution in [2.24, 2.45) is 9.98 Å². The summed E-state index contributed by atoms with van der Waals surface area (Å²) in [6.45, 7) is 2.76. The predicted molar refractivity (Wildman–Crippen MR) is 139 cm³/mol. The number of aliphatic imine (C=N–C) groups is 2. The van der Waals surface area contributed by atoms with Crippen LogP contribution in [0.15, 0.2) is 82.8 Å². The zero-order chi connectivity index (χ0) is 24.6. The minimum atomic E-state index is -0.653. The van der Waals surface area contributed by atoms with Gasteiger partial charge in [0.15, 0.2) is 22.7 Å². The van der Waals surface area contributed by atoms with Gasteiger partial charge in [-0.25, -0.2) is 14.9 Å². The van der Waals surface area contributed by atoms with Gasteiger partial charge in [-0.05, 0) is 36.8 Å². The van der Waals surface area contributed by atoms with Crippen molar-refractivity contribution in [1.82, 2.24) is 4.90 Å². The largest absolute Gasteiger partial charge is 0.486 e. The molecule has 2 atom stereocenters. The van der Waals surface area contributed by atoms with Gasteiger partial charge >= 0.3 is 0 Å². The van der Waals surface area contributed by atoms with E-state index in [-0.39, 0.29) is 11.8 Å². The SMILES string of the molecule is C[C@H](SC1=Nc2ccccc2C2=N[C@H](c3ccccc3)C(=O)N12)C(=O)Nc1ccc2c(c1)OCCO2. The molecule has 0 saturated carbocycles. The Morgan fingerprint density at radius 3 is 2.61 bits per heavy atom. The number of carbonyl (C=O) groups is 2. The lowest BCUT2D eigenvalue weighted by molar-refractivity contribution is -0.124. The third-order valence-electron chi connectivity index (χ3n) is 6.05. The molecule has 6 rings (SSSR count). The van der Waals surface area contributed by atoms with Crippen LogP contribution in [0, 0.1) is 0 Å². The summed E-state index contributed by atoms with van der Waals surface area (Å²) in [7, 11) is 0. The molecule has 180 valence electrons. The summed E-state index contributed by atoms with van der Waals surface area (Å²) in [6.07, 6.45) is 0. The van der Waals surface area contributed by atoms with Crippen LogP contribution in [0.4, 0.5) is 11.4 Å². The van der Waals surface area contributed by atoms with Crippen LogP contribution in [0.5, 0.6) is 11.5 Å². The van der Waals surface area contributed by atoms with Crippen molar-refractivity contribution in [2.75, 3.05) is 18.5 Å². The molecule has 0 aromatic heterocycles. The molecular weight excluding hydrogens is 476 g/mol. The summed E-state index contributed by atoms with van der Waals surface area (Å²) in [5, 5.41) is 2.82. The molecule has 9 heteroatoms. The summed E-state index contributed by atoms with van der Waals surface area (Å²) in [6, 6.07) is 21.7. The first-order chi connectivity index (χ1) is 17.6. The smallest absolute Gasteiger partial charge is 0.263 e. The van der Waals surface area contributed by atoms with Crippen molar-refractivity contribution in [3.63, 3.8) is 0 Å². The number of para-hydroxylation sites is 1. The van der Waals surface area contributed by atoms with Gasteiger partial charge in [-0.1, -0.05) is 54.2 Å². The minimum Gasteiger partial charge on any atom is -0.486 e. The van der Waals surface area contributed by atoms with E-state index in [1.54, 1.807) is 30.0 Å². The van der Waals surface area contributed by atoms with Crippen LogP contribution in [0.1, 0.15) is 24.1 Å². The summed E-state index contributed by atoms with van der Waals surface area (Å²) in [4.78, 5) is 37.7. The molecule has 3 heterocycles. The number of thioether (sulfide) groups is 1. The summed E-state index contributed by atoms with van der Waals surface area (Å²) >= 11 is 1.22. The number of hydrogen-bond donors (Lipinski definition) is 1. The molecule has 1 N–H and O–H groups in total. The second-order valence-electron chi connectivity index (χ2n) is 8.46. The van der Waals surface area contributed by atoms with Crippen LogP contribution in [-0.4, -0.2) is 46.2 Å². The second kappa shape index (κ2) is 9.16. The number of hydrogen-bond acceptors (Lipinski definition) is 7. The first kappa shape index (κ1) is 22.4. The Morgan fingerprint density at radius 2 is 1.78 bits per heavy atom. The van der Waals surface area contributed by atoms with Crippen molar-refractivity contribution in [3.8, 4) is 11.5 Å². The van der Waals surface area contributed by atoms with E-state index in [0.717, 1.165) is 16.8 Å². The fourth-order valence-corrected chi connectivity index (χ4v) is 5.17. The Bertz CT molecular complexity index is 1420. The van der Waals surface area contributed by atoms with Gasteiger partial charge in [0.05, 0.1) is 10.9 Å². The Kier molecular flexibility index (Phi) is 5.69. The predicted octanol–water partition coefficient (Wildman–Crippen LogP) is 4.55. The van der Waals surface area contributed by atoms with Gasteiger partial charge in [0.25, 0.3) is 5.91 Å². The molecule has 2 amide bonds. The monoisotopic (exact) mass is 498 g/mol. The molecular formula is C27H22N4O4S. The van der Waals surface area contributed by atoms with Gasteiger partial charge in [-0.3, -0.25) is 9.59 Å². The quantitative estimate of drug-likeness (QED) is 0.570. The highest BCUT2D eigenvalue weighted by Crippen LogP contribution is 2.38.